The monoisotopic (exact) mass is 396 g/mol. The minimum atomic E-state index is -0.0605. The van der Waals surface area contributed by atoms with Crippen molar-refractivity contribution in [1.82, 2.24) is 20.3 Å². The second kappa shape index (κ2) is 8.39. The molecule has 3 heterocycles. The largest absolute Gasteiger partial charge is 0.355 e. The zero-order chi connectivity index (χ0) is 17.2. The Morgan fingerprint density at radius 1 is 1.23 bits per heavy atom. The van der Waals surface area contributed by atoms with Crippen molar-refractivity contribution in [3.63, 3.8) is 0 Å². The number of hydrogen-bond donors (Lipinski definition) is 1. The van der Waals surface area contributed by atoms with Crippen LogP contribution in [0.15, 0.2) is 34.9 Å². The molecule has 1 N–H and O–H groups in total. The van der Waals surface area contributed by atoms with Gasteiger partial charge >= 0.3 is 0 Å². The van der Waals surface area contributed by atoms with Crippen LogP contribution < -0.4 is 5.32 Å². The van der Waals surface area contributed by atoms with Gasteiger partial charge < -0.3 is 14.7 Å². The molecule has 2 aliphatic heterocycles. The highest BCUT2D eigenvalue weighted by Crippen LogP contribution is 2.25. The third-order valence-electron chi connectivity index (χ3n) is 4.96. The van der Waals surface area contributed by atoms with Crippen molar-refractivity contribution in [3.05, 3.63) is 41.0 Å². The molecule has 1 aromatic carbocycles. The van der Waals surface area contributed by atoms with Gasteiger partial charge in [0.25, 0.3) is 5.91 Å². The van der Waals surface area contributed by atoms with Gasteiger partial charge in [-0.25, -0.2) is 0 Å². The van der Waals surface area contributed by atoms with E-state index in [1.165, 1.54) is 0 Å². The second-order valence-electron chi connectivity index (χ2n) is 6.57. The average molecular weight is 397 g/mol. The molecule has 0 bridgehead atoms. The summed E-state index contributed by atoms with van der Waals surface area (Å²) in [6.45, 7) is 5.68. The van der Waals surface area contributed by atoms with Gasteiger partial charge in [-0.2, -0.15) is 0 Å². The Kier molecular flexibility index (Phi) is 6.19. The molecule has 0 spiro atoms. The molecule has 2 saturated heterocycles. The Morgan fingerprint density at radius 3 is 2.81 bits per heavy atom. The number of aromatic nitrogens is 1. The van der Waals surface area contributed by atoms with E-state index in [9.17, 15) is 4.79 Å². The second-order valence-corrected chi connectivity index (χ2v) is 7.00. The van der Waals surface area contributed by atoms with E-state index in [2.05, 4.69) is 15.4 Å². The lowest BCUT2D eigenvalue weighted by Crippen LogP contribution is -2.49. The molecule has 2 aliphatic rings. The quantitative estimate of drug-likeness (QED) is 0.863. The molecule has 4 rings (SSSR count). The maximum Gasteiger partial charge on any atom is 0.276 e. The number of benzene rings is 1. The lowest BCUT2D eigenvalue weighted by Gasteiger charge is -2.32. The lowest BCUT2D eigenvalue weighted by atomic mass is 10.1. The Hall–Kier alpha value is -1.60. The van der Waals surface area contributed by atoms with Gasteiger partial charge in [0.2, 0.25) is 0 Å². The van der Waals surface area contributed by atoms with Crippen LogP contribution in [0, 0.1) is 0 Å². The number of nitrogens with one attached hydrogen (secondary N) is 1. The molecule has 8 heteroatoms. The van der Waals surface area contributed by atoms with Gasteiger partial charge in [-0.1, -0.05) is 28.9 Å². The summed E-state index contributed by atoms with van der Waals surface area (Å²) in [6, 6.07) is 9.48. The van der Waals surface area contributed by atoms with Gasteiger partial charge in [0.1, 0.15) is 0 Å². The number of nitrogens with zero attached hydrogens (tertiary/aromatic N) is 3. The minimum Gasteiger partial charge on any atom is -0.355 e. The fourth-order valence-corrected chi connectivity index (χ4v) is 3.78. The van der Waals surface area contributed by atoms with Gasteiger partial charge in [0, 0.05) is 62.0 Å². The number of carbonyl (C=O) groups excluding carboxylic acids is 1. The number of rotatable bonds is 3. The van der Waals surface area contributed by atoms with Crippen molar-refractivity contribution in [3.8, 4) is 11.3 Å². The molecular formula is C18H22Cl2N4O2. The Labute approximate surface area is 163 Å². The molecule has 1 unspecified atom stereocenters. The van der Waals surface area contributed by atoms with Crippen LogP contribution in [-0.2, 0) is 0 Å². The number of piperazine rings is 1. The minimum absolute atomic E-state index is 0. The van der Waals surface area contributed by atoms with Gasteiger partial charge in [-0.15, -0.1) is 12.4 Å². The smallest absolute Gasteiger partial charge is 0.276 e. The summed E-state index contributed by atoms with van der Waals surface area (Å²) in [7, 11) is 0. The van der Waals surface area contributed by atoms with E-state index >= 15 is 0 Å². The Morgan fingerprint density at radius 2 is 2.04 bits per heavy atom. The first-order chi connectivity index (χ1) is 12.2. The van der Waals surface area contributed by atoms with Gasteiger partial charge in [-0.3, -0.25) is 9.69 Å². The Balaban J connectivity index is 0.00000196. The molecule has 0 aliphatic carbocycles. The first-order valence-electron chi connectivity index (χ1n) is 8.67. The van der Waals surface area contributed by atoms with E-state index in [4.69, 9.17) is 16.1 Å². The number of likely N-dealkylation sites (tertiary alicyclic amines) is 1. The van der Waals surface area contributed by atoms with Crippen molar-refractivity contribution in [2.75, 3.05) is 39.3 Å². The average Bonchev–Trinajstić information content (AvgIpc) is 3.32. The first kappa shape index (κ1) is 19.2. The van der Waals surface area contributed by atoms with Crippen LogP contribution in [-0.4, -0.2) is 66.2 Å². The SMILES string of the molecule is Cl.O=C(c1cc(-c2cccc(Cl)c2)on1)N1CCC(N2CCNCC2)C1. The standard InChI is InChI=1S/C18H21ClN4O2.ClH/c19-14-3-1-2-13(10-14)17-11-16(21-25-17)18(24)23-7-4-15(12-23)22-8-5-20-6-9-22;/h1-3,10-11,15,20H,4-9,12H2;1H. The van der Waals surface area contributed by atoms with Crippen molar-refractivity contribution >= 4 is 29.9 Å². The maximum atomic E-state index is 12.7. The summed E-state index contributed by atoms with van der Waals surface area (Å²) in [6.07, 6.45) is 1.02. The number of carbonyl (C=O) groups is 1. The summed E-state index contributed by atoms with van der Waals surface area (Å²) in [5.74, 6) is 0.498. The number of hydrogen-bond acceptors (Lipinski definition) is 5. The van der Waals surface area contributed by atoms with Crippen molar-refractivity contribution < 1.29 is 9.32 Å². The van der Waals surface area contributed by atoms with Crippen LogP contribution in [0.4, 0.5) is 0 Å². The fraction of sp³-hybridized carbons (Fsp3) is 0.444. The molecule has 1 amide bonds. The number of amides is 1. The van der Waals surface area contributed by atoms with Crippen LogP contribution in [0.1, 0.15) is 16.9 Å². The molecule has 1 aromatic heterocycles. The van der Waals surface area contributed by atoms with E-state index in [0.717, 1.165) is 51.3 Å². The first-order valence-corrected chi connectivity index (χ1v) is 9.05. The highest BCUT2D eigenvalue weighted by atomic mass is 35.5. The maximum absolute atomic E-state index is 12.7. The molecular weight excluding hydrogens is 375 g/mol. The zero-order valence-electron chi connectivity index (χ0n) is 14.4. The normalized spacial score (nSPS) is 20.8. The topological polar surface area (TPSA) is 61.6 Å². The third kappa shape index (κ3) is 4.04. The molecule has 6 nitrogen and oxygen atoms in total. The van der Waals surface area contributed by atoms with Crippen molar-refractivity contribution in [2.45, 2.75) is 12.5 Å². The molecule has 26 heavy (non-hydrogen) atoms. The molecule has 0 saturated carbocycles. The van der Waals surface area contributed by atoms with E-state index in [1.807, 2.05) is 17.0 Å². The molecule has 2 aromatic rings. The fourth-order valence-electron chi connectivity index (χ4n) is 3.59. The van der Waals surface area contributed by atoms with Crippen molar-refractivity contribution in [1.29, 1.82) is 0 Å². The molecule has 140 valence electrons. The van der Waals surface area contributed by atoms with Crippen LogP contribution in [0.2, 0.25) is 5.02 Å². The van der Waals surface area contributed by atoms with Crippen LogP contribution in [0.25, 0.3) is 11.3 Å². The van der Waals surface area contributed by atoms with E-state index in [-0.39, 0.29) is 18.3 Å². The number of halogens is 2. The van der Waals surface area contributed by atoms with Crippen molar-refractivity contribution in [2.24, 2.45) is 0 Å². The Bertz CT molecular complexity index is 761. The van der Waals surface area contributed by atoms with Crippen LogP contribution >= 0.6 is 24.0 Å². The highest BCUT2D eigenvalue weighted by molar-refractivity contribution is 6.30. The third-order valence-corrected chi connectivity index (χ3v) is 5.19. The zero-order valence-corrected chi connectivity index (χ0v) is 15.9. The predicted molar refractivity (Wildman–Crippen MR) is 103 cm³/mol. The summed E-state index contributed by atoms with van der Waals surface area (Å²) >= 11 is 6.01. The molecule has 0 radical (unpaired) electrons. The summed E-state index contributed by atoms with van der Waals surface area (Å²) in [5.41, 5.74) is 1.18. The molecule has 2 fully saturated rings. The van der Waals surface area contributed by atoms with E-state index in [0.29, 0.717) is 22.5 Å². The summed E-state index contributed by atoms with van der Waals surface area (Å²) < 4.78 is 5.35. The highest BCUT2D eigenvalue weighted by Gasteiger charge is 2.32. The lowest BCUT2D eigenvalue weighted by molar-refractivity contribution is 0.0763. The predicted octanol–water partition coefficient (Wildman–Crippen LogP) is 2.54. The van der Waals surface area contributed by atoms with E-state index in [1.54, 1.807) is 18.2 Å². The van der Waals surface area contributed by atoms with E-state index < -0.39 is 0 Å². The van der Waals surface area contributed by atoms with Gasteiger partial charge in [0.15, 0.2) is 11.5 Å². The van der Waals surface area contributed by atoms with Gasteiger partial charge in [0.05, 0.1) is 0 Å². The van der Waals surface area contributed by atoms with Crippen LogP contribution in [0.3, 0.4) is 0 Å². The summed E-state index contributed by atoms with van der Waals surface area (Å²) in [5, 5.41) is 7.96. The van der Waals surface area contributed by atoms with Gasteiger partial charge in [-0.05, 0) is 18.6 Å². The molecule has 1 atom stereocenters. The summed E-state index contributed by atoms with van der Waals surface area (Å²) in [4.78, 5) is 17.1. The van der Waals surface area contributed by atoms with Crippen LogP contribution in [0.5, 0.6) is 0 Å².